The lowest BCUT2D eigenvalue weighted by molar-refractivity contribution is -0.133. The van der Waals surface area contributed by atoms with Gasteiger partial charge in [0.2, 0.25) is 5.91 Å². The first kappa shape index (κ1) is 17.5. The summed E-state index contributed by atoms with van der Waals surface area (Å²) in [5.41, 5.74) is 0.928. The van der Waals surface area contributed by atoms with Crippen molar-refractivity contribution in [3.63, 3.8) is 0 Å². The Kier molecular flexibility index (Phi) is 4.31. The van der Waals surface area contributed by atoms with Gasteiger partial charge in [-0.05, 0) is 18.4 Å². The van der Waals surface area contributed by atoms with Crippen LogP contribution in [0.1, 0.15) is 39.3 Å². The highest BCUT2D eigenvalue weighted by Crippen LogP contribution is 2.41. The van der Waals surface area contributed by atoms with Crippen molar-refractivity contribution in [3.8, 4) is 0 Å². The predicted molar refractivity (Wildman–Crippen MR) is 93.6 cm³/mol. The van der Waals surface area contributed by atoms with Crippen molar-refractivity contribution in [2.75, 3.05) is 7.05 Å². The summed E-state index contributed by atoms with van der Waals surface area (Å²) in [5, 5.41) is 0. The number of hydrogen-bond donors (Lipinski definition) is 0. The molecule has 2 heterocycles. The zero-order valence-corrected chi connectivity index (χ0v) is 15.3. The second-order valence-electron chi connectivity index (χ2n) is 7.30. The number of hydrogen-bond acceptors (Lipinski definition) is 3. The molecule has 2 fully saturated rings. The molecule has 134 valence electrons. The zero-order valence-electron chi connectivity index (χ0n) is 15.3. The van der Waals surface area contributed by atoms with Crippen LogP contribution in [0.4, 0.5) is 4.79 Å². The lowest BCUT2D eigenvalue weighted by atomic mass is 9.99. The molecule has 2 aliphatic heterocycles. The van der Waals surface area contributed by atoms with Gasteiger partial charge in [-0.3, -0.25) is 14.5 Å². The summed E-state index contributed by atoms with van der Waals surface area (Å²) < 4.78 is 0. The number of carbonyl (C=O) groups excluding carboxylic acids is 3. The number of likely N-dealkylation sites (N-methyl/N-ethyl adjacent to an activating group) is 1. The molecule has 2 saturated heterocycles. The van der Waals surface area contributed by atoms with Crippen molar-refractivity contribution in [2.45, 2.75) is 51.9 Å². The van der Waals surface area contributed by atoms with E-state index in [4.69, 9.17) is 0 Å². The molecule has 0 spiro atoms. The Bertz CT molecular complexity index is 703. The number of carbonyl (C=O) groups is 3. The van der Waals surface area contributed by atoms with Gasteiger partial charge in [0, 0.05) is 14.0 Å². The number of rotatable bonds is 3. The van der Waals surface area contributed by atoms with Gasteiger partial charge in [-0.25, -0.2) is 4.79 Å². The third-order valence-corrected chi connectivity index (χ3v) is 5.39. The smallest absolute Gasteiger partial charge is 0.323 e. The Labute approximate surface area is 148 Å². The fourth-order valence-corrected chi connectivity index (χ4v) is 3.95. The molecular weight excluding hydrogens is 318 g/mol. The largest absolute Gasteiger partial charge is 0.327 e. The van der Waals surface area contributed by atoms with Gasteiger partial charge in [0.25, 0.3) is 5.91 Å². The van der Waals surface area contributed by atoms with Crippen molar-refractivity contribution >= 4 is 17.8 Å². The highest BCUT2D eigenvalue weighted by molar-refractivity contribution is 6.03. The van der Waals surface area contributed by atoms with Crippen LogP contribution in [-0.4, -0.2) is 57.7 Å². The first-order valence-electron chi connectivity index (χ1n) is 8.71. The number of nitrogens with zero attached hydrogens (tertiary/aromatic N) is 3. The maximum absolute atomic E-state index is 13.2. The average Bonchev–Trinajstić information content (AvgIpc) is 3.29. The van der Waals surface area contributed by atoms with Gasteiger partial charge in [0.1, 0.15) is 6.04 Å². The Morgan fingerprint density at radius 3 is 2.20 bits per heavy atom. The third kappa shape index (κ3) is 2.69. The standard InChI is InChI=1S/C19H25N3O3/c1-11(2)15-17(21(15)13(4)23)18(24)22-16(12(3)20(5)19(22)25)14-9-7-6-8-10-14/h6-12,15-17H,1-5H3/t12-,15-,16-,17+,21?/m1/s1. The molecule has 4 atom stereocenters. The van der Waals surface area contributed by atoms with Crippen LogP contribution in [0.2, 0.25) is 0 Å². The molecule has 25 heavy (non-hydrogen) atoms. The van der Waals surface area contributed by atoms with E-state index in [1.165, 1.54) is 11.8 Å². The SMILES string of the molecule is CC(=O)N1[C@H](C(=O)N2C(=O)N(C)[C@H](C)[C@@H]2c2ccccc2)[C@H]1C(C)C. The molecule has 0 unspecified atom stereocenters. The summed E-state index contributed by atoms with van der Waals surface area (Å²) in [4.78, 5) is 42.4. The van der Waals surface area contributed by atoms with E-state index in [-0.39, 0.29) is 41.9 Å². The summed E-state index contributed by atoms with van der Waals surface area (Å²) >= 11 is 0. The maximum atomic E-state index is 13.2. The predicted octanol–water partition coefficient (Wildman–Crippen LogP) is 2.27. The Balaban J connectivity index is 1.94. The summed E-state index contributed by atoms with van der Waals surface area (Å²) in [5.74, 6) is -0.230. The fourth-order valence-electron chi connectivity index (χ4n) is 3.95. The molecule has 1 aromatic carbocycles. The van der Waals surface area contributed by atoms with E-state index >= 15 is 0 Å². The van der Waals surface area contributed by atoms with E-state index in [0.717, 1.165) is 5.56 Å². The highest BCUT2D eigenvalue weighted by atomic mass is 16.2. The molecule has 6 nitrogen and oxygen atoms in total. The summed E-state index contributed by atoms with van der Waals surface area (Å²) in [7, 11) is 1.71. The molecule has 0 radical (unpaired) electrons. The van der Waals surface area contributed by atoms with E-state index in [0.29, 0.717) is 0 Å². The molecule has 0 bridgehead atoms. The van der Waals surface area contributed by atoms with Crippen LogP contribution < -0.4 is 0 Å². The molecular formula is C19H25N3O3. The molecule has 0 aromatic heterocycles. The molecule has 4 amide bonds. The van der Waals surface area contributed by atoms with Gasteiger partial charge in [0.15, 0.2) is 0 Å². The molecule has 3 rings (SSSR count). The van der Waals surface area contributed by atoms with Crippen molar-refractivity contribution in [3.05, 3.63) is 35.9 Å². The van der Waals surface area contributed by atoms with E-state index in [1.54, 1.807) is 16.8 Å². The van der Waals surface area contributed by atoms with Crippen LogP contribution in [0.25, 0.3) is 0 Å². The second-order valence-corrected chi connectivity index (χ2v) is 7.30. The maximum Gasteiger partial charge on any atom is 0.327 e. The van der Waals surface area contributed by atoms with Crippen LogP contribution in [0.5, 0.6) is 0 Å². The van der Waals surface area contributed by atoms with E-state index < -0.39 is 6.04 Å². The molecule has 2 aliphatic rings. The van der Waals surface area contributed by atoms with Crippen molar-refractivity contribution in [2.24, 2.45) is 5.92 Å². The second kappa shape index (κ2) is 6.17. The minimum Gasteiger partial charge on any atom is -0.323 e. The first-order chi connectivity index (χ1) is 11.8. The topological polar surface area (TPSA) is 60.7 Å². The third-order valence-electron chi connectivity index (χ3n) is 5.39. The van der Waals surface area contributed by atoms with Crippen LogP contribution in [0.3, 0.4) is 0 Å². The minimum atomic E-state index is -0.536. The Morgan fingerprint density at radius 1 is 1.12 bits per heavy atom. The Hall–Kier alpha value is -2.37. The number of benzene rings is 1. The van der Waals surface area contributed by atoms with Crippen molar-refractivity contribution < 1.29 is 14.4 Å². The van der Waals surface area contributed by atoms with Crippen LogP contribution in [0, 0.1) is 5.92 Å². The molecule has 1 aromatic rings. The molecule has 0 N–H and O–H groups in total. The van der Waals surface area contributed by atoms with Crippen LogP contribution in [-0.2, 0) is 9.59 Å². The zero-order chi connectivity index (χ0) is 18.5. The first-order valence-corrected chi connectivity index (χ1v) is 8.71. The summed E-state index contributed by atoms with van der Waals surface area (Å²) in [6.07, 6.45) is 0. The lowest BCUT2D eigenvalue weighted by Crippen LogP contribution is -2.40. The minimum absolute atomic E-state index is 0.124. The van der Waals surface area contributed by atoms with Gasteiger partial charge in [-0.15, -0.1) is 0 Å². The monoisotopic (exact) mass is 343 g/mol. The number of imide groups is 1. The number of urea groups is 1. The highest BCUT2D eigenvalue weighted by Gasteiger charge is 2.60. The normalized spacial score (nSPS) is 28.7. The summed E-state index contributed by atoms with van der Waals surface area (Å²) in [6.45, 7) is 7.39. The average molecular weight is 343 g/mol. The fraction of sp³-hybridized carbons (Fsp3) is 0.526. The van der Waals surface area contributed by atoms with Crippen LogP contribution in [0.15, 0.2) is 30.3 Å². The molecule has 0 aliphatic carbocycles. The summed E-state index contributed by atoms with van der Waals surface area (Å²) in [6, 6.07) is 8.16. The van der Waals surface area contributed by atoms with Crippen molar-refractivity contribution in [1.29, 1.82) is 0 Å². The van der Waals surface area contributed by atoms with E-state index in [2.05, 4.69) is 0 Å². The lowest BCUT2D eigenvalue weighted by Gasteiger charge is -2.24. The van der Waals surface area contributed by atoms with Gasteiger partial charge in [-0.2, -0.15) is 0 Å². The molecule has 6 heteroatoms. The van der Waals surface area contributed by atoms with Gasteiger partial charge in [-0.1, -0.05) is 44.2 Å². The van der Waals surface area contributed by atoms with Gasteiger partial charge in [0.05, 0.1) is 18.1 Å². The van der Waals surface area contributed by atoms with Gasteiger partial charge < -0.3 is 9.80 Å². The number of amides is 4. The Morgan fingerprint density at radius 2 is 1.72 bits per heavy atom. The van der Waals surface area contributed by atoms with Crippen molar-refractivity contribution in [1.82, 2.24) is 14.7 Å². The quantitative estimate of drug-likeness (QED) is 0.791. The van der Waals surface area contributed by atoms with E-state index in [1.807, 2.05) is 51.1 Å². The molecule has 0 saturated carbocycles. The van der Waals surface area contributed by atoms with Crippen LogP contribution >= 0.6 is 0 Å². The van der Waals surface area contributed by atoms with E-state index in [9.17, 15) is 14.4 Å². The van der Waals surface area contributed by atoms with Gasteiger partial charge >= 0.3 is 6.03 Å².